The van der Waals surface area contributed by atoms with Crippen molar-refractivity contribution in [3.63, 3.8) is 0 Å². The number of carbonyl (C=O) groups is 1. The zero-order valence-corrected chi connectivity index (χ0v) is 12.2. The van der Waals surface area contributed by atoms with Crippen molar-refractivity contribution in [2.75, 3.05) is 19.7 Å². The van der Waals surface area contributed by atoms with Gasteiger partial charge in [0.2, 0.25) is 0 Å². The molecular formula is C16H19F2NO3. The van der Waals surface area contributed by atoms with Gasteiger partial charge in [-0.1, -0.05) is 0 Å². The van der Waals surface area contributed by atoms with E-state index in [1.54, 1.807) is 4.90 Å². The van der Waals surface area contributed by atoms with Crippen molar-refractivity contribution in [2.24, 2.45) is 0 Å². The standard InChI is InChI=1S/C16H19F2NO3/c17-12-8-11(9-13(18)10-12)15(21)19-5-3-16(4-6-19)14(20)2-1-7-22-16/h8-10,14,20H,1-7H2/t14-/m0/s1. The fraction of sp³-hybridized carbons (Fsp3) is 0.562. The number of amides is 1. The van der Waals surface area contributed by atoms with E-state index in [0.29, 0.717) is 39.0 Å². The highest BCUT2D eigenvalue weighted by atomic mass is 19.1. The average Bonchev–Trinajstić information content (AvgIpc) is 2.49. The molecule has 0 radical (unpaired) electrons. The van der Waals surface area contributed by atoms with Crippen LogP contribution in [-0.4, -0.2) is 47.3 Å². The van der Waals surface area contributed by atoms with Gasteiger partial charge in [-0.15, -0.1) is 0 Å². The van der Waals surface area contributed by atoms with Gasteiger partial charge < -0.3 is 14.7 Å². The SMILES string of the molecule is O=C(c1cc(F)cc(F)c1)N1CCC2(CC1)OCCC[C@@H]2O. The summed E-state index contributed by atoms with van der Waals surface area (Å²) in [5, 5.41) is 10.2. The highest BCUT2D eigenvalue weighted by molar-refractivity contribution is 5.94. The maximum atomic E-state index is 13.2. The third kappa shape index (κ3) is 2.85. The van der Waals surface area contributed by atoms with Gasteiger partial charge >= 0.3 is 0 Å². The van der Waals surface area contributed by atoms with Gasteiger partial charge in [0.05, 0.1) is 11.7 Å². The first-order valence-electron chi connectivity index (χ1n) is 7.58. The van der Waals surface area contributed by atoms with Crippen LogP contribution in [0.5, 0.6) is 0 Å². The Balaban J connectivity index is 1.69. The smallest absolute Gasteiger partial charge is 0.254 e. The molecule has 6 heteroatoms. The molecular weight excluding hydrogens is 292 g/mol. The molecule has 120 valence electrons. The summed E-state index contributed by atoms with van der Waals surface area (Å²) >= 11 is 0. The second-order valence-corrected chi connectivity index (χ2v) is 6.02. The Kier molecular flexibility index (Phi) is 4.14. The molecule has 0 saturated carbocycles. The van der Waals surface area contributed by atoms with E-state index in [0.717, 1.165) is 24.6 Å². The van der Waals surface area contributed by atoms with Crippen molar-refractivity contribution in [1.29, 1.82) is 0 Å². The molecule has 1 atom stereocenters. The Hall–Kier alpha value is -1.53. The van der Waals surface area contributed by atoms with E-state index in [1.807, 2.05) is 0 Å². The van der Waals surface area contributed by atoms with E-state index >= 15 is 0 Å². The van der Waals surface area contributed by atoms with Crippen LogP contribution in [0, 0.1) is 11.6 Å². The fourth-order valence-electron chi connectivity index (χ4n) is 3.34. The molecule has 1 spiro atoms. The predicted octanol–water partition coefficient (Wildman–Crippen LogP) is 2.11. The predicted molar refractivity (Wildman–Crippen MR) is 75.4 cm³/mol. The van der Waals surface area contributed by atoms with E-state index < -0.39 is 29.2 Å². The number of nitrogens with zero attached hydrogens (tertiary/aromatic N) is 1. The number of benzene rings is 1. The molecule has 1 aromatic carbocycles. The van der Waals surface area contributed by atoms with Crippen LogP contribution in [0.15, 0.2) is 18.2 Å². The van der Waals surface area contributed by atoms with Crippen LogP contribution in [0.1, 0.15) is 36.0 Å². The van der Waals surface area contributed by atoms with Crippen LogP contribution >= 0.6 is 0 Å². The Morgan fingerprint density at radius 3 is 2.45 bits per heavy atom. The fourth-order valence-corrected chi connectivity index (χ4v) is 3.34. The number of ether oxygens (including phenoxy) is 1. The molecule has 0 aromatic heterocycles. The van der Waals surface area contributed by atoms with Crippen molar-refractivity contribution in [3.05, 3.63) is 35.4 Å². The minimum atomic E-state index is -0.761. The zero-order valence-electron chi connectivity index (χ0n) is 12.2. The van der Waals surface area contributed by atoms with Crippen LogP contribution < -0.4 is 0 Å². The van der Waals surface area contributed by atoms with E-state index in [2.05, 4.69) is 0 Å². The quantitative estimate of drug-likeness (QED) is 0.864. The molecule has 2 fully saturated rings. The molecule has 1 aromatic rings. The third-order valence-electron chi connectivity index (χ3n) is 4.63. The lowest BCUT2D eigenvalue weighted by atomic mass is 9.82. The lowest BCUT2D eigenvalue weighted by Gasteiger charge is -2.46. The summed E-state index contributed by atoms with van der Waals surface area (Å²) in [4.78, 5) is 13.9. The van der Waals surface area contributed by atoms with E-state index in [-0.39, 0.29) is 5.56 Å². The maximum absolute atomic E-state index is 13.2. The van der Waals surface area contributed by atoms with E-state index in [9.17, 15) is 18.7 Å². The average molecular weight is 311 g/mol. The number of rotatable bonds is 1. The van der Waals surface area contributed by atoms with Gasteiger partial charge in [-0.05, 0) is 37.8 Å². The number of aliphatic hydroxyl groups is 1. The number of likely N-dealkylation sites (tertiary alicyclic amines) is 1. The van der Waals surface area contributed by atoms with Crippen LogP contribution in [-0.2, 0) is 4.74 Å². The molecule has 1 N–H and O–H groups in total. The summed E-state index contributed by atoms with van der Waals surface area (Å²) in [5.74, 6) is -1.91. The summed E-state index contributed by atoms with van der Waals surface area (Å²) in [6, 6.07) is 2.83. The van der Waals surface area contributed by atoms with E-state index in [1.165, 1.54) is 0 Å². The van der Waals surface area contributed by atoms with Gasteiger partial charge in [-0.3, -0.25) is 4.79 Å². The monoisotopic (exact) mass is 311 g/mol. The van der Waals surface area contributed by atoms with Crippen LogP contribution in [0.2, 0.25) is 0 Å². The summed E-state index contributed by atoms with van der Waals surface area (Å²) in [6.07, 6.45) is 2.12. The molecule has 1 amide bonds. The molecule has 0 bridgehead atoms. The Labute approximate surface area is 127 Å². The largest absolute Gasteiger partial charge is 0.390 e. The lowest BCUT2D eigenvalue weighted by molar-refractivity contribution is -0.174. The second kappa shape index (κ2) is 5.93. The Morgan fingerprint density at radius 2 is 1.86 bits per heavy atom. The highest BCUT2D eigenvalue weighted by Crippen LogP contribution is 2.35. The molecule has 4 nitrogen and oxygen atoms in total. The molecule has 0 aliphatic carbocycles. The first kappa shape index (κ1) is 15.4. The first-order chi connectivity index (χ1) is 10.5. The van der Waals surface area contributed by atoms with Crippen LogP contribution in [0.25, 0.3) is 0 Å². The van der Waals surface area contributed by atoms with Crippen LogP contribution in [0.4, 0.5) is 8.78 Å². The normalized spacial score (nSPS) is 24.5. The molecule has 0 unspecified atom stereocenters. The third-order valence-corrected chi connectivity index (χ3v) is 4.63. The number of aliphatic hydroxyl groups excluding tert-OH is 1. The Morgan fingerprint density at radius 1 is 1.23 bits per heavy atom. The minimum absolute atomic E-state index is 0.0126. The lowest BCUT2D eigenvalue weighted by Crippen LogP contribution is -2.56. The summed E-state index contributed by atoms with van der Waals surface area (Å²) < 4.78 is 32.2. The van der Waals surface area contributed by atoms with Gasteiger partial charge in [0, 0.05) is 31.3 Å². The second-order valence-electron chi connectivity index (χ2n) is 6.02. The Bertz CT molecular complexity index is 550. The number of carbonyl (C=O) groups excluding carboxylic acids is 1. The number of hydrogen-bond donors (Lipinski definition) is 1. The highest BCUT2D eigenvalue weighted by Gasteiger charge is 2.44. The van der Waals surface area contributed by atoms with Gasteiger partial charge in [0.1, 0.15) is 11.6 Å². The van der Waals surface area contributed by atoms with Gasteiger partial charge in [0.15, 0.2) is 0 Å². The topological polar surface area (TPSA) is 49.8 Å². The van der Waals surface area contributed by atoms with Crippen molar-refractivity contribution >= 4 is 5.91 Å². The van der Waals surface area contributed by atoms with Crippen molar-refractivity contribution in [2.45, 2.75) is 37.4 Å². The number of piperidine rings is 1. The maximum Gasteiger partial charge on any atom is 0.254 e. The first-order valence-corrected chi connectivity index (χ1v) is 7.58. The molecule has 2 aliphatic heterocycles. The molecule has 2 aliphatic rings. The van der Waals surface area contributed by atoms with Crippen molar-refractivity contribution in [3.8, 4) is 0 Å². The van der Waals surface area contributed by atoms with Crippen LogP contribution in [0.3, 0.4) is 0 Å². The van der Waals surface area contributed by atoms with Gasteiger partial charge in [-0.25, -0.2) is 8.78 Å². The minimum Gasteiger partial charge on any atom is -0.390 e. The van der Waals surface area contributed by atoms with Gasteiger partial charge in [0.25, 0.3) is 5.91 Å². The summed E-state index contributed by atoms with van der Waals surface area (Å²) in [6.45, 7) is 1.45. The number of hydrogen-bond acceptors (Lipinski definition) is 3. The van der Waals surface area contributed by atoms with Gasteiger partial charge in [-0.2, -0.15) is 0 Å². The number of halogens is 2. The van der Waals surface area contributed by atoms with Crippen molar-refractivity contribution < 1.29 is 23.4 Å². The van der Waals surface area contributed by atoms with E-state index in [4.69, 9.17) is 4.74 Å². The summed E-state index contributed by atoms with van der Waals surface area (Å²) in [5.41, 5.74) is -0.555. The summed E-state index contributed by atoms with van der Waals surface area (Å²) in [7, 11) is 0. The van der Waals surface area contributed by atoms with Crippen molar-refractivity contribution in [1.82, 2.24) is 4.90 Å². The molecule has 2 saturated heterocycles. The molecule has 22 heavy (non-hydrogen) atoms. The zero-order chi connectivity index (χ0) is 15.7. The molecule has 3 rings (SSSR count). The molecule has 2 heterocycles.